The Balaban J connectivity index is 1.64. The van der Waals surface area contributed by atoms with Crippen molar-refractivity contribution in [3.8, 4) is 23.0 Å². The third kappa shape index (κ3) is 3.03. The highest BCUT2D eigenvalue weighted by Gasteiger charge is 2.49. The maximum Gasteiger partial charge on any atom is 0.231 e. The zero-order valence-corrected chi connectivity index (χ0v) is 17.4. The maximum atomic E-state index is 6.73. The van der Waals surface area contributed by atoms with Crippen LogP contribution in [-0.4, -0.2) is 37.1 Å². The molecular weight excluding hydrogens is 366 g/mol. The number of fused-ring (bicyclic) bond motifs is 2. The van der Waals surface area contributed by atoms with E-state index in [2.05, 4.69) is 43.0 Å². The molecule has 0 N–H and O–H groups in total. The lowest BCUT2D eigenvalue weighted by atomic mass is 9.74. The van der Waals surface area contributed by atoms with Gasteiger partial charge in [-0.05, 0) is 50.5 Å². The standard InChI is InChI=1S/C24H29NO4/c1-4-26-18-9-7-8-17(12-18)23-16(2)24(3,25-10-5-6-11-25)29-20-14-22-21(13-19(20)23)27-15-28-22/h7-9,12-14,16,23H,4-6,10-11,15H2,1-3H3. The number of nitrogens with zero attached hydrogens (tertiary/aromatic N) is 1. The summed E-state index contributed by atoms with van der Waals surface area (Å²) < 4.78 is 23.9. The first kappa shape index (κ1) is 18.6. The molecule has 0 saturated carbocycles. The van der Waals surface area contributed by atoms with Crippen LogP contribution in [0, 0.1) is 5.92 Å². The number of rotatable bonds is 4. The van der Waals surface area contributed by atoms with Gasteiger partial charge in [0.1, 0.15) is 11.5 Å². The molecule has 0 aliphatic carbocycles. The molecule has 0 aromatic heterocycles. The number of ether oxygens (including phenoxy) is 4. The Morgan fingerprint density at radius 2 is 1.83 bits per heavy atom. The van der Waals surface area contributed by atoms with E-state index in [9.17, 15) is 0 Å². The van der Waals surface area contributed by atoms with E-state index in [-0.39, 0.29) is 24.4 Å². The van der Waals surface area contributed by atoms with Crippen LogP contribution in [0.25, 0.3) is 0 Å². The van der Waals surface area contributed by atoms with Gasteiger partial charge in [-0.15, -0.1) is 0 Å². The molecule has 1 fully saturated rings. The van der Waals surface area contributed by atoms with Gasteiger partial charge in [-0.3, -0.25) is 4.90 Å². The van der Waals surface area contributed by atoms with E-state index in [0.717, 1.165) is 41.7 Å². The first-order chi connectivity index (χ1) is 14.1. The van der Waals surface area contributed by atoms with Crippen LogP contribution >= 0.6 is 0 Å². The molecule has 3 aliphatic heterocycles. The van der Waals surface area contributed by atoms with Crippen molar-refractivity contribution >= 4 is 0 Å². The molecule has 2 aromatic carbocycles. The lowest BCUT2D eigenvalue weighted by molar-refractivity contribution is -0.114. The van der Waals surface area contributed by atoms with Gasteiger partial charge < -0.3 is 18.9 Å². The quantitative estimate of drug-likeness (QED) is 0.745. The van der Waals surface area contributed by atoms with Gasteiger partial charge in [-0.25, -0.2) is 0 Å². The summed E-state index contributed by atoms with van der Waals surface area (Å²) in [6.07, 6.45) is 2.45. The summed E-state index contributed by atoms with van der Waals surface area (Å²) in [4.78, 5) is 2.50. The third-order valence-electron chi connectivity index (χ3n) is 6.76. The molecule has 1 saturated heterocycles. The predicted molar refractivity (Wildman–Crippen MR) is 111 cm³/mol. The van der Waals surface area contributed by atoms with Gasteiger partial charge in [0.2, 0.25) is 6.79 Å². The van der Waals surface area contributed by atoms with Crippen molar-refractivity contribution in [3.05, 3.63) is 47.5 Å². The molecule has 0 amide bonds. The maximum absolute atomic E-state index is 6.73. The number of benzene rings is 2. The number of hydrogen-bond acceptors (Lipinski definition) is 5. The van der Waals surface area contributed by atoms with Crippen LogP contribution < -0.4 is 18.9 Å². The molecule has 0 radical (unpaired) electrons. The van der Waals surface area contributed by atoms with E-state index in [0.29, 0.717) is 6.61 Å². The normalized spacial score (nSPS) is 28.1. The third-order valence-corrected chi connectivity index (χ3v) is 6.76. The van der Waals surface area contributed by atoms with E-state index < -0.39 is 0 Å². The van der Waals surface area contributed by atoms with Crippen molar-refractivity contribution in [2.75, 3.05) is 26.5 Å². The van der Waals surface area contributed by atoms with Gasteiger partial charge in [0.15, 0.2) is 17.2 Å². The van der Waals surface area contributed by atoms with Gasteiger partial charge in [0.25, 0.3) is 0 Å². The summed E-state index contributed by atoms with van der Waals surface area (Å²) >= 11 is 0. The van der Waals surface area contributed by atoms with Crippen molar-refractivity contribution in [2.45, 2.75) is 45.3 Å². The van der Waals surface area contributed by atoms with Gasteiger partial charge in [-0.2, -0.15) is 0 Å². The van der Waals surface area contributed by atoms with Crippen LogP contribution in [0.4, 0.5) is 0 Å². The van der Waals surface area contributed by atoms with Crippen LogP contribution in [0.3, 0.4) is 0 Å². The van der Waals surface area contributed by atoms with Crippen LogP contribution in [0.5, 0.6) is 23.0 Å². The second-order valence-corrected chi connectivity index (χ2v) is 8.37. The second-order valence-electron chi connectivity index (χ2n) is 8.37. The molecule has 5 heteroatoms. The Kier molecular flexibility index (Phi) is 4.58. The highest BCUT2D eigenvalue weighted by atomic mass is 16.7. The fourth-order valence-corrected chi connectivity index (χ4v) is 5.11. The van der Waals surface area contributed by atoms with Crippen LogP contribution in [-0.2, 0) is 0 Å². The molecule has 154 valence electrons. The topological polar surface area (TPSA) is 40.2 Å². The summed E-state index contributed by atoms with van der Waals surface area (Å²) in [6.45, 7) is 9.65. The molecule has 0 bridgehead atoms. The molecule has 5 rings (SSSR count). The fourth-order valence-electron chi connectivity index (χ4n) is 5.11. The van der Waals surface area contributed by atoms with E-state index in [1.165, 1.54) is 18.4 Å². The highest BCUT2D eigenvalue weighted by Crippen LogP contribution is 2.53. The molecule has 3 heterocycles. The molecule has 2 aromatic rings. The van der Waals surface area contributed by atoms with Crippen molar-refractivity contribution in [3.63, 3.8) is 0 Å². The van der Waals surface area contributed by atoms with Crippen LogP contribution in [0.15, 0.2) is 36.4 Å². The predicted octanol–water partition coefficient (Wildman–Crippen LogP) is 4.79. The highest BCUT2D eigenvalue weighted by molar-refractivity contribution is 5.56. The second kappa shape index (κ2) is 7.13. The fraction of sp³-hybridized carbons (Fsp3) is 0.500. The zero-order valence-electron chi connectivity index (χ0n) is 17.4. The Bertz CT molecular complexity index is 908. The minimum Gasteiger partial charge on any atom is -0.494 e. The molecule has 29 heavy (non-hydrogen) atoms. The minimum absolute atomic E-state index is 0.180. The minimum atomic E-state index is -0.372. The number of hydrogen-bond donors (Lipinski definition) is 0. The van der Waals surface area contributed by atoms with Gasteiger partial charge in [0.05, 0.1) is 6.61 Å². The summed E-state index contributed by atoms with van der Waals surface area (Å²) in [5, 5.41) is 0. The number of likely N-dealkylation sites (tertiary alicyclic amines) is 1. The Labute approximate surface area is 172 Å². The van der Waals surface area contributed by atoms with E-state index >= 15 is 0 Å². The first-order valence-corrected chi connectivity index (χ1v) is 10.7. The molecule has 5 nitrogen and oxygen atoms in total. The van der Waals surface area contributed by atoms with E-state index in [1.807, 2.05) is 19.1 Å². The lowest BCUT2D eigenvalue weighted by Gasteiger charge is -2.50. The lowest BCUT2D eigenvalue weighted by Crippen LogP contribution is -2.57. The summed E-state index contributed by atoms with van der Waals surface area (Å²) in [6, 6.07) is 12.6. The first-order valence-electron chi connectivity index (χ1n) is 10.7. The van der Waals surface area contributed by atoms with Gasteiger partial charge in [-0.1, -0.05) is 19.1 Å². The van der Waals surface area contributed by atoms with Crippen LogP contribution in [0.2, 0.25) is 0 Å². The Morgan fingerprint density at radius 1 is 1.07 bits per heavy atom. The summed E-state index contributed by atoms with van der Waals surface area (Å²) in [7, 11) is 0. The van der Waals surface area contributed by atoms with Crippen LogP contribution in [0.1, 0.15) is 50.7 Å². The molecule has 3 aliphatic rings. The molecule has 0 spiro atoms. The average Bonchev–Trinajstić information content (AvgIpc) is 3.40. The van der Waals surface area contributed by atoms with E-state index in [1.54, 1.807) is 0 Å². The van der Waals surface area contributed by atoms with Gasteiger partial charge in [0, 0.05) is 36.6 Å². The summed E-state index contributed by atoms with van der Waals surface area (Å²) in [5.41, 5.74) is 2.04. The monoisotopic (exact) mass is 395 g/mol. The largest absolute Gasteiger partial charge is 0.494 e. The average molecular weight is 395 g/mol. The van der Waals surface area contributed by atoms with E-state index in [4.69, 9.17) is 18.9 Å². The van der Waals surface area contributed by atoms with Crippen molar-refractivity contribution in [1.29, 1.82) is 0 Å². The van der Waals surface area contributed by atoms with Crippen molar-refractivity contribution < 1.29 is 18.9 Å². The molecular formula is C24H29NO4. The Hall–Kier alpha value is -2.40. The smallest absolute Gasteiger partial charge is 0.231 e. The SMILES string of the molecule is CCOc1cccc(C2c3cc4c(cc3OC(C)(N3CCCC3)C2C)OCO4)c1. The zero-order chi connectivity index (χ0) is 20.0. The molecule has 3 atom stereocenters. The molecule has 3 unspecified atom stereocenters. The Morgan fingerprint density at radius 3 is 2.59 bits per heavy atom. The van der Waals surface area contributed by atoms with Gasteiger partial charge >= 0.3 is 0 Å². The van der Waals surface area contributed by atoms with Crippen molar-refractivity contribution in [1.82, 2.24) is 4.90 Å². The van der Waals surface area contributed by atoms with Crippen molar-refractivity contribution in [2.24, 2.45) is 5.92 Å². The summed E-state index contributed by atoms with van der Waals surface area (Å²) in [5.74, 6) is 3.81.